The highest BCUT2D eigenvalue weighted by Gasteiger charge is 2.36. The van der Waals surface area contributed by atoms with E-state index in [2.05, 4.69) is 10.3 Å². The molecule has 0 bridgehead atoms. The summed E-state index contributed by atoms with van der Waals surface area (Å²) in [6, 6.07) is 8.35. The molecule has 0 amide bonds. The molecule has 1 N–H and O–H groups in total. The quantitative estimate of drug-likeness (QED) is 0.907. The lowest BCUT2D eigenvalue weighted by Crippen LogP contribution is -2.33. The van der Waals surface area contributed by atoms with Gasteiger partial charge in [-0.15, -0.1) is 0 Å². The maximum absolute atomic E-state index is 12.6. The Bertz CT molecular complexity index is 683. The monoisotopic (exact) mass is 311 g/mol. The smallest absolute Gasteiger partial charge is 0.267 e. The van der Waals surface area contributed by atoms with Crippen molar-refractivity contribution in [3.63, 3.8) is 0 Å². The molecular weight excluding hydrogens is 298 g/mol. The van der Waals surface area contributed by atoms with Crippen molar-refractivity contribution in [2.24, 2.45) is 4.99 Å². The largest absolute Gasteiger partial charge is 0.363 e. The van der Waals surface area contributed by atoms with Crippen LogP contribution in [0.5, 0.6) is 0 Å². The van der Waals surface area contributed by atoms with Crippen LogP contribution in [-0.2, 0) is 10.0 Å². The summed E-state index contributed by atoms with van der Waals surface area (Å²) >= 11 is 6.20. The molecular formula is C13H14ClN3O2S. The Morgan fingerprint density at radius 2 is 2.00 bits per heavy atom. The van der Waals surface area contributed by atoms with Crippen LogP contribution in [-0.4, -0.2) is 31.8 Å². The van der Waals surface area contributed by atoms with Gasteiger partial charge in [0, 0.05) is 11.6 Å². The third-order valence-electron chi connectivity index (χ3n) is 3.28. The maximum Gasteiger partial charge on any atom is 0.267 e. The van der Waals surface area contributed by atoms with E-state index in [1.165, 1.54) is 4.31 Å². The van der Waals surface area contributed by atoms with E-state index in [1.807, 2.05) is 0 Å². The van der Waals surface area contributed by atoms with Crippen molar-refractivity contribution in [3.05, 3.63) is 41.1 Å². The van der Waals surface area contributed by atoms with Crippen LogP contribution in [0.3, 0.4) is 0 Å². The molecule has 1 aromatic carbocycles. The van der Waals surface area contributed by atoms with Crippen LogP contribution in [0.25, 0.3) is 0 Å². The van der Waals surface area contributed by atoms with E-state index < -0.39 is 10.0 Å². The second-order valence-electron chi connectivity index (χ2n) is 4.59. The zero-order valence-electron chi connectivity index (χ0n) is 10.7. The van der Waals surface area contributed by atoms with E-state index in [0.717, 1.165) is 12.8 Å². The number of hydrogen-bond donors (Lipinski definition) is 1. The van der Waals surface area contributed by atoms with Crippen LogP contribution < -0.4 is 5.32 Å². The summed E-state index contributed by atoms with van der Waals surface area (Å²) in [6.07, 6.45) is 1.54. The first-order valence-electron chi connectivity index (χ1n) is 6.36. The van der Waals surface area contributed by atoms with Gasteiger partial charge in [0.15, 0.2) is 5.84 Å². The van der Waals surface area contributed by atoms with Gasteiger partial charge in [-0.05, 0) is 25.0 Å². The molecule has 20 heavy (non-hydrogen) atoms. The Kier molecular flexibility index (Phi) is 3.43. The number of allylic oxidation sites excluding steroid dienone is 1. The molecule has 106 valence electrons. The Morgan fingerprint density at radius 1 is 1.25 bits per heavy atom. The molecule has 1 fully saturated rings. The number of fused-ring (bicyclic) bond motifs is 1. The lowest BCUT2D eigenvalue weighted by atomic mass is 10.3. The highest BCUT2D eigenvalue weighted by atomic mass is 35.5. The number of rotatable bonds is 2. The molecule has 2 aliphatic rings. The van der Waals surface area contributed by atoms with Crippen molar-refractivity contribution < 1.29 is 8.42 Å². The molecule has 0 aliphatic carbocycles. The van der Waals surface area contributed by atoms with E-state index >= 15 is 0 Å². The van der Waals surface area contributed by atoms with Gasteiger partial charge in [-0.25, -0.2) is 12.7 Å². The van der Waals surface area contributed by atoms with Gasteiger partial charge in [0.05, 0.1) is 10.6 Å². The highest BCUT2D eigenvalue weighted by molar-refractivity contribution is 7.89. The Morgan fingerprint density at radius 3 is 2.75 bits per heavy atom. The van der Waals surface area contributed by atoms with E-state index in [-0.39, 0.29) is 11.6 Å². The Labute approximate surface area is 123 Å². The summed E-state index contributed by atoms with van der Waals surface area (Å²) in [5, 5.41) is 3.68. The summed E-state index contributed by atoms with van der Waals surface area (Å²) in [7, 11) is -3.60. The molecule has 0 aromatic heterocycles. The van der Waals surface area contributed by atoms with Crippen molar-refractivity contribution in [1.82, 2.24) is 9.62 Å². The first-order chi connectivity index (χ1) is 9.60. The number of halogens is 1. The molecule has 0 saturated carbocycles. The topological polar surface area (TPSA) is 61.8 Å². The molecule has 0 radical (unpaired) electrons. The number of aliphatic imine (C=N–C) groups is 1. The van der Waals surface area contributed by atoms with E-state index in [1.54, 1.807) is 30.3 Å². The number of nitrogens with zero attached hydrogens (tertiary/aromatic N) is 2. The molecule has 1 aromatic rings. The fraction of sp³-hybridized carbons (Fsp3) is 0.308. The molecule has 7 heteroatoms. The van der Waals surface area contributed by atoms with Crippen molar-refractivity contribution in [3.8, 4) is 0 Å². The van der Waals surface area contributed by atoms with E-state index in [0.29, 0.717) is 23.1 Å². The summed E-state index contributed by atoms with van der Waals surface area (Å²) in [5.41, 5.74) is 0.642. The SMILES string of the molecule is O=S(=O)(c1ccccc1)N1CNC2=C(Cl)CCCN=C21. The first-order valence-corrected chi connectivity index (χ1v) is 8.17. The third kappa shape index (κ3) is 2.19. The van der Waals surface area contributed by atoms with Crippen LogP contribution in [0, 0.1) is 0 Å². The minimum atomic E-state index is -3.60. The predicted octanol–water partition coefficient (Wildman–Crippen LogP) is 1.88. The second-order valence-corrected chi connectivity index (χ2v) is 6.91. The van der Waals surface area contributed by atoms with Crippen molar-refractivity contribution in [2.75, 3.05) is 13.2 Å². The molecule has 2 aliphatic heterocycles. The van der Waals surface area contributed by atoms with Gasteiger partial charge in [0.1, 0.15) is 6.67 Å². The van der Waals surface area contributed by atoms with Crippen molar-refractivity contribution in [2.45, 2.75) is 17.7 Å². The first kappa shape index (κ1) is 13.5. The van der Waals surface area contributed by atoms with Gasteiger partial charge in [0.2, 0.25) is 0 Å². The minimum absolute atomic E-state index is 0.168. The molecule has 3 rings (SSSR count). The molecule has 0 unspecified atom stereocenters. The number of nitrogens with one attached hydrogen (secondary N) is 1. The Balaban J connectivity index is 2.04. The zero-order chi connectivity index (χ0) is 14.2. The molecule has 0 spiro atoms. The molecule has 1 saturated heterocycles. The summed E-state index contributed by atoms with van der Waals surface area (Å²) < 4.78 is 26.6. The Hall–Kier alpha value is -1.53. The van der Waals surface area contributed by atoms with Gasteiger partial charge in [0.25, 0.3) is 10.0 Å². The number of benzene rings is 1. The summed E-state index contributed by atoms with van der Waals surface area (Å²) in [4.78, 5) is 4.62. The molecule has 0 atom stereocenters. The maximum atomic E-state index is 12.6. The van der Waals surface area contributed by atoms with Gasteiger partial charge in [-0.1, -0.05) is 29.8 Å². The van der Waals surface area contributed by atoms with Crippen LogP contribution in [0.4, 0.5) is 0 Å². The number of sulfonamides is 1. The van der Waals surface area contributed by atoms with E-state index in [9.17, 15) is 8.42 Å². The minimum Gasteiger partial charge on any atom is -0.363 e. The van der Waals surface area contributed by atoms with E-state index in [4.69, 9.17) is 11.6 Å². The zero-order valence-corrected chi connectivity index (χ0v) is 12.3. The standard InChI is InChI=1S/C13H14ClN3O2S/c14-11-7-4-8-15-13-12(11)16-9-17(13)20(18,19)10-5-2-1-3-6-10/h1-3,5-6,16H,4,7-9H2. The van der Waals surface area contributed by atoms with Crippen molar-refractivity contribution >= 4 is 27.5 Å². The molecule has 5 nitrogen and oxygen atoms in total. The predicted molar refractivity (Wildman–Crippen MR) is 77.9 cm³/mol. The summed E-state index contributed by atoms with van der Waals surface area (Å²) in [5.74, 6) is 0.427. The third-order valence-corrected chi connectivity index (χ3v) is 5.41. The van der Waals surface area contributed by atoms with Crippen LogP contribution in [0.2, 0.25) is 0 Å². The second kappa shape index (κ2) is 5.10. The number of hydrogen-bond acceptors (Lipinski definition) is 4. The molecule has 2 heterocycles. The van der Waals surface area contributed by atoms with Crippen LogP contribution in [0.15, 0.2) is 50.9 Å². The van der Waals surface area contributed by atoms with Crippen LogP contribution in [0.1, 0.15) is 12.8 Å². The summed E-state index contributed by atoms with van der Waals surface area (Å²) in [6.45, 7) is 0.749. The van der Waals surface area contributed by atoms with Crippen LogP contribution >= 0.6 is 11.6 Å². The average molecular weight is 312 g/mol. The fourth-order valence-corrected chi connectivity index (χ4v) is 3.92. The van der Waals surface area contributed by atoms with Gasteiger partial charge >= 0.3 is 0 Å². The van der Waals surface area contributed by atoms with Gasteiger partial charge in [-0.3, -0.25) is 4.99 Å². The van der Waals surface area contributed by atoms with Gasteiger partial charge < -0.3 is 5.32 Å². The van der Waals surface area contributed by atoms with Gasteiger partial charge in [-0.2, -0.15) is 0 Å². The number of amidine groups is 1. The average Bonchev–Trinajstić information content (AvgIpc) is 2.81. The lowest BCUT2D eigenvalue weighted by Gasteiger charge is -2.17. The lowest BCUT2D eigenvalue weighted by molar-refractivity contribution is 0.526. The highest BCUT2D eigenvalue weighted by Crippen LogP contribution is 2.27. The van der Waals surface area contributed by atoms with Crippen molar-refractivity contribution in [1.29, 1.82) is 0 Å². The fourth-order valence-electron chi connectivity index (χ4n) is 2.27. The normalized spacial score (nSPS) is 19.2.